The fraction of sp³-hybridized carbons (Fsp3) is 0.938. The number of ether oxygens (including phenoxy) is 1. The topological polar surface area (TPSA) is 36.9 Å². The molecule has 2 aliphatic rings. The first-order chi connectivity index (χ1) is 9.52. The Morgan fingerprint density at radius 1 is 1.30 bits per heavy atom. The molecule has 1 saturated heterocycles. The van der Waals surface area contributed by atoms with Crippen LogP contribution in [-0.2, 0) is 4.74 Å². The van der Waals surface area contributed by atoms with Gasteiger partial charge in [0.05, 0.1) is 13.2 Å². The van der Waals surface area contributed by atoms with Crippen molar-refractivity contribution in [2.24, 2.45) is 22.2 Å². The number of nitrogens with one attached hydrogen (secondary N) is 1. The quantitative estimate of drug-likeness (QED) is 0.635. The van der Waals surface area contributed by atoms with Crippen molar-refractivity contribution in [2.45, 2.75) is 39.5 Å². The molecular weight excluding hydrogens is 250 g/mol. The average Bonchev–Trinajstić information content (AvgIpc) is 2.40. The number of nitrogens with zero attached hydrogens (tertiary/aromatic N) is 2. The average molecular weight is 281 g/mol. The fourth-order valence-corrected chi connectivity index (χ4v) is 3.22. The highest BCUT2D eigenvalue weighted by atomic mass is 16.5. The predicted octanol–water partition coefficient (Wildman–Crippen LogP) is 2.36. The summed E-state index contributed by atoms with van der Waals surface area (Å²) in [6.45, 7) is 8.44. The zero-order valence-corrected chi connectivity index (χ0v) is 13.6. The first-order valence-electron chi connectivity index (χ1n) is 8.02. The van der Waals surface area contributed by atoms with E-state index >= 15 is 0 Å². The molecule has 0 amide bonds. The summed E-state index contributed by atoms with van der Waals surface area (Å²) in [5.41, 5.74) is 0.289. The zero-order chi connectivity index (χ0) is 14.6. The molecule has 116 valence electrons. The summed E-state index contributed by atoms with van der Waals surface area (Å²) in [6.07, 6.45) is 5.52. The van der Waals surface area contributed by atoms with Crippen LogP contribution in [0.15, 0.2) is 4.99 Å². The SMILES string of the molecule is CN=C(NCC1(C)COC1)N(C)CC1CCC(C)CC1. The maximum absolute atomic E-state index is 5.30. The van der Waals surface area contributed by atoms with Crippen molar-refractivity contribution in [1.29, 1.82) is 0 Å². The van der Waals surface area contributed by atoms with Gasteiger partial charge in [-0.25, -0.2) is 0 Å². The molecule has 0 bridgehead atoms. The second-order valence-corrected chi connectivity index (χ2v) is 7.21. The molecule has 1 saturated carbocycles. The van der Waals surface area contributed by atoms with Gasteiger partial charge in [0.1, 0.15) is 0 Å². The minimum atomic E-state index is 0.289. The molecule has 0 aromatic carbocycles. The van der Waals surface area contributed by atoms with Crippen LogP contribution in [0, 0.1) is 17.3 Å². The summed E-state index contributed by atoms with van der Waals surface area (Å²) in [5.74, 6) is 2.78. The molecule has 1 aliphatic heterocycles. The van der Waals surface area contributed by atoms with E-state index in [1.54, 1.807) is 0 Å². The molecular formula is C16H31N3O. The molecule has 20 heavy (non-hydrogen) atoms. The largest absolute Gasteiger partial charge is 0.380 e. The van der Waals surface area contributed by atoms with E-state index in [-0.39, 0.29) is 5.41 Å². The molecule has 0 radical (unpaired) electrons. The third kappa shape index (κ3) is 4.11. The summed E-state index contributed by atoms with van der Waals surface area (Å²) in [7, 11) is 4.04. The first kappa shape index (κ1) is 15.6. The van der Waals surface area contributed by atoms with Gasteiger partial charge in [-0.05, 0) is 24.7 Å². The van der Waals surface area contributed by atoms with Crippen molar-refractivity contribution in [1.82, 2.24) is 10.2 Å². The highest BCUT2D eigenvalue weighted by Gasteiger charge is 2.33. The highest BCUT2D eigenvalue weighted by molar-refractivity contribution is 5.79. The lowest BCUT2D eigenvalue weighted by atomic mass is 9.83. The van der Waals surface area contributed by atoms with Crippen LogP contribution < -0.4 is 5.32 Å². The molecule has 0 aromatic rings. The van der Waals surface area contributed by atoms with Crippen molar-refractivity contribution in [3.05, 3.63) is 0 Å². The van der Waals surface area contributed by atoms with Gasteiger partial charge in [0, 0.05) is 32.6 Å². The lowest BCUT2D eigenvalue weighted by Crippen LogP contribution is -2.51. The van der Waals surface area contributed by atoms with Crippen LogP contribution in [0.1, 0.15) is 39.5 Å². The standard InChI is InChI=1S/C16H31N3O/c1-13-5-7-14(8-6-13)9-19(4)15(17-3)18-10-16(2)11-20-12-16/h13-14H,5-12H2,1-4H3,(H,17,18). The molecule has 2 fully saturated rings. The van der Waals surface area contributed by atoms with Crippen LogP contribution in [-0.4, -0.2) is 51.3 Å². The van der Waals surface area contributed by atoms with E-state index in [1.165, 1.54) is 25.7 Å². The predicted molar refractivity (Wildman–Crippen MR) is 84.0 cm³/mol. The van der Waals surface area contributed by atoms with Gasteiger partial charge in [0.2, 0.25) is 0 Å². The Morgan fingerprint density at radius 2 is 1.95 bits per heavy atom. The van der Waals surface area contributed by atoms with Crippen molar-refractivity contribution in [3.8, 4) is 0 Å². The number of guanidine groups is 1. The van der Waals surface area contributed by atoms with E-state index < -0.39 is 0 Å². The van der Waals surface area contributed by atoms with Crippen molar-refractivity contribution >= 4 is 5.96 Å². The van der Waals surface area contributed by atoms with Crippen LogP contribution >= 0.6 is 0 Å². The first-order valence-corrected chi connectivity index (χ1v) is 8.02. The van der Waals surface area contributed by atoms with E-state index in [0.29, 0.717) is 0 Å². The van der Waals surface area contributed by atoms with Crippen molar-refractivity contribution in [3.63, 3.8) is 0 Å². The smallest absolute Gasteiger partial charge is 0.193 e. The van der Waals surface area contributed by atoms with Crippen LogP contribution in [0.2, 0.25) is 0 Å². The van der Waals surface area contributed by atoms with E-state index in [1.807, 2.05) is 7.05 Å². The van der Waals surface area contributed by atoms with Gasteiger partial charge in [0.15, 0.2) is 5.96 Å². The Labute approximate surface area is 124 Å². The molecule has 0 aromatic heterocycles. The van der Waals surface area contributed by atoms with E-state index in [4.69, 9.17) is 4.74 Å². The monoisotopic (exact) mass is 281 g/mol. The summed E-state index contributed by atoms with van der Waals surface area (Å²) in [4.78, 5) is 6.72. The summed E-state index contributed by atoms with van der Waals surface area (Å²) in [6, 6.07) is 0. The summed E-state index contributed by atoms with van der Waals surface area (Å²) >= 11 is 0. The lowest BCUT2D eigenvalue weighted by Gasteiger charge is -2.39. The van der Waals surface area contributed by atoms with Gasteiger partial charge in [-0.15, -0.1) is 0 Å². The van der Waals surface area contributed by atoms with E-state index in [9.17, 15) is 0 Å². The van der Waals surface area contributed by atoms with Crippen LogP contribution in [0.3, 0.4) is 0 Å². The minimum Gasteiger partial charge on any atom is -0.380 e. The number of rotatable bonds is 4. The summed E-state index contributed by atoms with van der Waals surface area (Å²) in [5, 5.41) is 3.51. The molecule has 4 nitrogen and oxygen atoms in total. The number of hydrogen-bond donors (Lipinski definition) is 1. The van der Waals surface area contributed by atoms with E-state index in [2.05, 4.69) is 36.1 Å². The Morgan fingerprint density at radius 3 is 2.45 bits per heavy atom. The van der Waals surface area contributed by atoms with Crippen molar-refractivity contribution in [2.75, 3.05) is 40.4 Å². The van der Waals surface area contributed by atoms with Gasteiger partial charge >= 0.3 is 0 Å². The molecule has 0 unspecified atom stereocenters. The normalized spacial score (nSPS) is 29.7. The maximum atomic E-state index is 5.30. The Balaban J connectivity index is 1.75. The van der Waals surface area contributed by atoms with Crippen molar-refractivity contribution < 1.29 is 4.74 Å². The molecule has 0 spiro atoms. The molecule has 1 N–H and O–H groups in total. The Bertz CT molecular complexity index is 331. The Kier molecular flexibility index (Phi) is 5.30. The molecule has 4 heteroatoms. The summed E-state index contributed by atoms with van der Waals surface area (Å²) < 4.78 is 5.30. The van der Waals surface area contributed by atoms with Crippen LogP contribution in [0.25, 0.3) is 0 Å². The van der Waals surface area contributed by atoms with Gasteiger partial charge in [-0.1, -0.05) is 26.7 Å². The Hall–Kier alpha value is -0.770. The van der Waals surface area contributed by atoms with E-state index in [0.717, 1.165) is 44.1 Å². The van der Waals surface area contributed by atoms with Gasteiger partial charge < -0.3 is 15.0 Å². The third-order valence-electron chi connectivity index (χ3n) is 4.82. The number of hydrogen-bond acceptors (Lipinski definition) is 2. The van der Waals surface area contributed by atoms with Gasteiger partial charge in [-0.2, -0.15) is 0 Å². The molecule has 1 heterocycles. The maximum Gasteiger partial charge on any atom is 0.193 e. The van der Waals surface area contributed by atoms with Crippen LogP contribution in [0.5, 0.6) is 0 Å². The van der Waals surface area contributed by atoms with Crippen LogP contribution in [0.4, 0.5) is 0 Å². The lowest BCUT2D eigenvalue weighted by molar-refractivity contribution is -0.0972. The second-order valence-electron chi connectivity index (χ2n) is 7.21. The molecule has 2 rings (SSSR count). The number of aliphatic imine (C=N–C) groups is 1. The van der Waals surface area contributed by atoms with Gasteiger partial charge in [-0.3, -0.25) is 4.99 Å². The zero-order valence-electron chi connectivity index (χ0n) is 13.6. The highest BCUT2D eigenvalue weighted by Crippen LogP contribution is 2.29. The molecule has 1 aliphatic carbocycles. The fourth-order valence-electron chi connectivity index (χ4n) is 3.22. The van der Waals surface area contributed by atoms with Gasteiger partial charge in [0.25, 0.3) is 0 Å². The minimum absolute atomic E-state index is 0.289. The third-order valence-corrected chi connectivity index (χ3v) is 4.82. The second kappa shape index (κ2) is 6.79. The molecule has 0 atom stereocenters.